The van der Waals surface area contributed by atoms with Gasteiger partial charge in [0.25, 0.3) is 0 Å². The highest BCUT2D eigenvalue weighted by atomic mass is 16.5. The van der Waals surface area contributed by atoms with Crippen molar-refractivity contribution in [1.82, 2.24) is 4.90 Å². The van der Waals surface area contributed by atoms with Crippen LogP contribution in [0.4, 0.5) is 5.69 Å². The second-order valence-corrected chi connectivity index (χ2v) is 8.54. The lowest BCUT2D eigenvalue weighted by Gasteiger charge is -2.32. The van der Waals surface area contributed by atoms with Gasteiger partial charge in [-0.05, 0) is 36.1 Å². The molecule has 34 heavy (non-hydrogen) atoms. The van der Waals surface area contributed by atoms with Crippen LogP contribution < -0.4 is 10.1 Å². The van der Waals surface area contributed by atoms with Crippen LogP contribution in [0, 0.1) is 11.8 Å². The monoisotopic (exact) mass is 454 g/mol. The molecule has 0 aromatic heterocycles. The van der Waals surface area contributed by atoms with Crippen LogP contribution in [0.5, 0.6) is 5.75 Å². The van der Waals surface area contributed by atoms with Crippen molar-refractivity contribution in [2.75, 3.05) is 12.4 Å². The predicted molar refractivity (Wildman–Crippen MR) is 134 cm³/mol. The second kappa shape index (κ2) is 11.3. The molecule has 0 aliphatic heterocycles. The molecule has 1 aliphatic rings. The fourth-order valence-electron chi connectivity index (χ4n) is 4.37. The number of benzene rings is 3. The Morgan fingerprint density at radius 2 is 1.41 bits per heavy atom. The van der Waals surface area contributed by atoms with E-state index < -0.39 is 11.8 Å². The number of methoxy groups -OCH3 is 1. The van der Waals surface area contributed by atoms with Crippen molar-refractivity contribution < 1.29 is 14.3 Å². The Labute approximate surface area is 201 Å². The van der Waals surface area contributed by atoms with E-state index in [-0.39, 0.29) is 11.8 Å². The van der Waals surface area contributed by atoms with Crippen LogP contribution in [0.25, 0.3) is 0 Å². The highest BCUT2D eigenvalue weighted by Crippen LogP contribution is 2.30. The van der Waals surface area contributed by atoms with Crippen molar-refractivity contribution in [3.05, 3.63) is 108 Å². The van der Waals surface area contributed by atoms with Crippen LogP contribution in [0.1, 0.15) is 24.0 Å². The third kappa shape index (κ3) is 5.93. The van der Waals surface area contributed by atoms with Crippen LogP contribution in [0.2, 0.25) is 0 Å². The van der Waals surface area contributed by atoms with Crippen molar-refractivity contribution in [2.24, 2.45) is 11.8 Å². The maximum absolute atomic E-state index is 13.9. The van der Waals surface area contributed by atoms with Gasteiger partial charge in [0.05, 0.1) is 18.9 Å². The van der Waals surface area contributed by atoms with E-state index >= 15 is 0 Å². The summed E-state index contributed by atoms with van der Waals surface area (Å²) in [6.45, 7) is 0.998. The van der Waals surface area contributed by atoms with E-state index in [9.17, 15) is 9.59 Å². The molecule has 0 saturated heterocycles. The first-order chi connectivity index (χ1) is 16.6. The van der Waals surface area contributed by atoms with Gasteiger partial charge in [0.1, 0.15) is 5.75 Å². The summed E-state index contributed by atoms with van der Waals surface area (Å²) in [5, 5.41) is 2.99. The van der Waals surface area contributed by atoms with Crippen LogP contribution in [0.15, 0.2) is 97.1 Å². The fraction of sp³-hybridized carbons (Fsp3) is 0.241. The van der Waals surface area contributed by atoms with Crippen molar-refractivity contribution in [3.63, 3.8) is 0 Å². The predicted octanol–water partition coefficient (Wildman–Crippen LogP) is 5.45. The largest absolute Gasteiger partial charge is 0.497 e. The lowest BCUT2D eigenvalue weighted by atomic mass is 9.81. The van der Waals surface area contributed by atoms with Crippen molar-refractivity contribution in [2.45, 2.75) is 25.9 Å². The number of carbonyl (C=O) groups excluding carboxylic acids is 2. The molecule has 1 N–H and O–H groups in total. The van der Waals surface area contributed by atoms with Crippen molar-refractivity contribution in [1.29, 1.82) is 0 Å². The molecule has 5 heteroatoms. The van der Waals surface area contributed by atoms with Crippen LogP contribution in [-0.4, -0.2) is 23.8 Å². The third-order valence-corrected chi connectivity index (χ3v) is 6.17. The van der Waals surface area contributed by atoms with E-state index in [2.05, 4.69) is 5.32 Å². The van der Waals surface area contributed by atoms with Gasteiger partial charge in [-0.1, -0.05) is 78.9 Å². The van der Waals surface area contributed by atoms with E-state index in [4.69, 9.17) is 4.74 Å². The summed E-state index contributed by atoms with van der Waals surface area (Å²) in [5.74, 6) is -0.315. The molecule has 1 aliphatic carbocycles. The smallest absolute Gasteiger partial charge is 0.228 e. The number of carbonyl (C=O) groups is 2. The lowest BCUT2D eigenvalue weighted by Crippen LogP contribution is -2.42. The fourth-order valence-corrected chi connectivity index (χ4v) is 4.37. The molecule has 0 heterocycles. The normalized spacial score (nSPS) is 17.1. The van der Waals surface area contributed by atoms with Gasteiger partial charge >= 0.3 is 0 Å². The Morgan fingerprint density at radius 1 is 0.824 bits per heavy atom. The lowest BCUT2D eigenvalue weighted by molar-refractivity contribution is -0.142. The second-order valence-electron chi connectivity index (χ2n) is 8.54. The minimum absolute atomic E-state index is 0.00264. The molecule has 0 radical (unpaired) electrons. The maximum atomic E-state index is 13.9. The zero-order valence-corrected chi connectivity index (χ0v) is 19.4. The summed E-state index contributed by atoms with van der Waals surface area (Å²) in [7, 11) is 1.59. The molecule has 2 atom stereocenters. The summed E-state index contributed by atoms with van der Waals surface area (Å²) < 4.78 is 5.26. The number of ether oxygens (including phenoxy) is 1. The average Bonchev–Trinajstić information content (AvgIpc) is 2.89. The SMILES string of the molecule is COc1cccc(NC(=O)C2CC=CCC2C(=O)N(Cc2ccccc2)Cc2ccccc2)c1. The number of hydrogen-bond donors (Lipinski definition) is 1. The average molecular weight is 455 g/mol. The van der Waals surface area contributed by atoms with Crippen LogP contribution in [-0.2, 0) is 22.7 Å². The Balaban J connectivity index is 1.55. The standard InChI is InChI=1S/C29H30N2O3/c1-34-25-16-10-15-24(19-25)30-28(32)26-17-8-9-18-27(26)29(33)31(20-22-11-4-2-5-12-22)21-23-13-6-3-7-14-23/h2-16,19,26-27H,17-18,20-21H2,1H3,(H,30,32). The van der Waals surface area contributed by atoms with Crippen LogP contribution in [0.3, 0.4) is 0 Å². The molecule has 2 amide bonds. The van der Waals surface area contributed by atoms with Gasteiger partial charge in [-0.2, -0.15) is 0 Å². The maximum Gasteiger partial charge on any atom is 0.228 e. The molecule has 4 rings (SSSR count). The number of rotatable bonds is 8. The highest BCUT2D eigenvalue weighted by Gasteiger charge is 2.36. The number of nitrogens with zero attached hydrogens (tertiary/aromatic N) is 1. The Hall–Kier alpha value is -3.86. The van der Waals surface area contributed by atoms with E-state index in [1.807, 2.05) is 95.9 Å². The summed E-state index contributed by atoms with van der Waals surface area (Å²) in [6.07, 6.45) is 5.10. The van der Waals surface area contributed by atoms with Gasteiger partial charge in [-0.25, -0.2) is 0 Å². The van der Waals surface area contributed by atoms with Crippen molar-refractivity contribution in [3.8, 4) is 5.75 Å². The number of amides is 2. The van der Waals surface area contributed by atoms with E-state index in [1.54, 1.807) is 13.2 Å². The zero-order valence-electron chi connectivity index (χ0n) is 19.4. The molecular formula is C29H30N2O3. The van der Waals surface area contributed by atoms with Crippen molar-refractivity contribution >= 4 is 17.5 Å². The quantitative estimate of drug-likeness (QED) is 0.461. The molecule has 3 aromatic carbocycles. The van der Waals surface area contributed by atoms with Gasteiger partial charge < -0.3 is 15.0 Å². The molecule has 2 unspecified atom stereocenters. The van der Waals surface area contributed by atoms with E-state index in [0.717, 1.165) is 11.1 Å². The third-order valence-electron chi connectivity index (χ3n) is 6.17. The number of hydrogen-bond acceptors (Lipinski definition) is 3. The van der Waals surface area contributed by atoms with Crippen LogP contribution >= 0.6 is 0 Å². The first-order valence-electron chi connectivity index (χ1n) is 11.6. The van der Waals surface area contributed by atoms with E-state index in [1.165, 1.54) is 0 Å². The summed E-state index contributed by atoms with van der Waals surface area (Å²) >= 11 is 0. The van der Waals surface area contributed by atoms with Gasteiger partial charge in [0.2, 0.25) is 11.8 Å². The van der Waals surface area contributed by atoms with Gasteiger partial charge in [0.15, 0.2) is 0 Å². The van der Waals surface area contributed by atoms with Gasteiger partial charge in [0, 0.05) is 24.8 Å². The minimum atomic E-state index is -0.433. The molecule has 0 saturated carbocycles. The van der Waals surface area contributed by atoms with E-state index in [0.29, 0.717) is 37.4 Å². The molecule has 0 fully saturated rings. The summed E-state index contributed by atoms with van der Waals surface area (Å²) in [6, 6.07) is 27.2. The molecule has 3 aromatic rings. The topological polar surface area (TPSA) is 58.6 Å². The number of allylic oxidation sites excluding steroid dienone is 2. The van der Waals surface area contributed by atoms with Gasteiger partial charge in [-0.3, -0.25) is 9.59 Å². The summed E-state index contributed by atoms with van der Waals surface area (Å²) in [4.78, 5) is 29.0. The Morgan fingerprint density at radius 3 is 2.00 bits per heavy atom. The molecule has 5 nitrogen and oxygen atoms in total. The number of anilines is 1. The van der Waals surface area contributed by atoms with Gasteiger partial charge in [-0.15, -0.1) is 0 Å². The Bertz CT molecular complexity index is 1090. The molecule has 174 valence electrons. The molecule has 0 bridgehead atoms. The molecular weight excluding hydrogens is 424 g/mol. The Kier molecular flexibility index (Phi) is 7.76. The zero-order chi connectivity index (χ0) is 23.8. The minimum Gasteiger partial charge on any atom is -0.497 e. The summed E-state index contributed by atoms with van der Waals surface area (Å²) in [5.41, 5.74) is 2.79. The first-order valence-corrected chi connectivity index (χ1v) is 11.6. The highest BCUT2D eigenvalue weighted by molar-refractivity contribution is 5.96. The molecule has 0 spiro atoms. The first kappa shape index (κ1) is 23.3. The number of nitrogens with one attached hydrogen (secondary N) is 1.